The Bertz CT molecular complexity index is 283. The van der Waals surface area contributed by atoms with Crippen molar-refractivity contribution in [2.45, 2.75) is 26.9 Å². The summed E-state index contributed by atoms with van der Waals surface area (Å²) in [5, 5.41) is 0. The highest BCUT2D eigenvalue weighted by Crippen LogP contribution is 2.21. The molecule has 0 spiro atoms. The lowest BCUT2D eigenvalue weighted by Crippen LogP contribution is -2.07. The second-order valence-corrected chi connectivity index (χ2v) is 3.09. The van der Waals surface area contributed by atoms with Gasteiger partial charge < -0.3 is 0 Å². The van der Waals surface area contributed by atoms with E-state index in [2.05, 4.69) is 4.90 Å². The van der Waals surface area contributed by atoms with Crippen molar-refractivity contribution in [1.82, 2.24) is 4.90 Å². The molecule has 0 atom stereocenters. The van der Waals surface area contributed by atoms with Gasteiger partial charge in [-0.05, 0) is 30.3 Å². The molecular formula is C11H16FN. The van der Waals surface area contributed by atoms with Gasteiger partial charge in [-0.25, -0.2) is 4.39 Å². The van der Waals surface area contributed by atoms with Crippen LogP contribution in [0.1, 0.15) is 25.0 Å². The molecule has 1 heterocycles. The van der Waals surface area contributed by atoms with Crippen molar-refractivity contribution in [2.24, 2.45) is 0 Å². The van der Waals surface area contributed by atoms with Gasteiger partial charge in [-0.2, -0.15) is 0 Å². The molecule has 0 N–H and O–H groups in total. The van der Waals surface area contributed by atoms with Gasteiger partial charge in [0.05, 0.1) is 0 Å². The van der Waals surface area contributed by atoms with Crippen LogP contribution in [-0.4, -0.2) is 11.9 Å². The van der Waals surface area contributed by atoms with E-state index in [1.807, 2.05) is 27.0 Å². The van der Waals surface area contributed by atoms with Crippen molar-refractivity contribution in [3.63, 3.8) is 0 Å². The Hall–Kier alpha value is -0.890. The van der Waals surface area contributed by atoms with Crippen LogP contribution in [0.4, 0.5) is 4.39 Å². The van der Waals surface area contributed by atoms with E-state index in [9.17, 15) is 4.39 Å². The van der Waals surface area contributed by atoms with E-state index in [4.69, 9.17) is 0 Å². The van der Waals surface area contributed by atoms with Gasteiger partial charge in [0.2, 0.25) is 0 Å². The molecule has 1 aromatic rings. The van der Waals surface area contributed by atoms with Gasteiger partial charge in [0.25, 0.3) is 0 Å². The molecule has 0 bridgehead atoms. The molecule has 13 heavy (non-hydrogen) atoms. The Balaban J connectivity index is 0.000000396. The fourth-order valence-electron chi connectivity index (χ4n) is 1.53. The fraction of sp³-hybridized carbons (Fsp3) is 0.455. The SMILES string of the molecule is CC.CN1Cc2ccc(F)cc2C1. The van der Waals surface area contributed by atoms with Crippen LogP contribution >= 0.6 is 0 Å². The van der Waals surface area contributed by atoms with E-state index in [1.54, 1.807) is 6.07 Å². The molecule has 72 valence electrons. The minimum absolute atomic E-state index is 0.126. The van der Waals surface area contributed by atoms with E-state index < -0.39 is 0 Å². The Labute approximate surface area is 79.2 Å². The van der Waals surface area contributed by atoms with Gasteiger partial charge in [0.15, 0.2) is 0 Å². The van der Waals surface area contributed by atoms with Gasteiger partial charge in [-0.1, -0.05) is 19.9 Å². The van der Waals surface area contributed by atoms with E-state index >= 15 is 0 Å². The lowest BCUT2D eigenvalue weighted by molar-refractivity contribution is 0.353. The highest BCUT2D eigenvalue weighted by Gasteiger charge is 2.14. The molecule has 1 nitrogen and oxygen atoms in total. The molecule has 0 saturated heterocycles. The maximum absolute atomic E-state index is 12.7. The van der Waals surface area contributed by atoms with Crippen LogP contribution in [0.5, 0.6) is 0 Å². The number of rotatable bonds is 0. The maximum Gasteiger partial charge on any atom is 0.123 e. The third-order valence-corrected chi connectivity index (χ3v) is 2.05. The molecule has 1 aromatic carbocycles. The highest BCUT2D eigenvalue weighted by atomic mass is 19.1. The molecule has 2 rings (SSSR count). The maximum atomic E-state index is 12.7. The molecule has 2 heteroatoms. The lowest BCUT2D eigenvalue weighted by atomic mass is 10.1. The Morgan fingerprint density at radius 2 is 1.77 bits per heavy atom. The predicted octanol–water partition coefficient (Wildman–Crippen LogP) is 2.80. The third-order valence-electron chi connectivity index (χ3n) is 2.05. The quantitative estimate of drug-likeness (QED) is 0.595. The zero-order valence-electron chi connectivity index (χ0n) is 8.47. The summed E-state index contributed by atoms with van der Waals surface area (Å²) >= 11 is 0. The summed E-state index contributed by atoms with van der Waals surface area (Å²) in [4.78, 5) is 2.17. The van der Waals surface area contributed by atoms with E-state index in [1.165, 1.54) is 11.6 Å². The topological polar surface area (TPSA) is 3.24 Å². The van der Waals surface area contributed by atoms with Gasteiger partial charge in [0.1, 0.15) is 5.82 Å². The highest BCUT2D eigenvalue weighted by molar-refractivity contribution is 5.30. The van der Waals surface area contributed by atoms with Gasteiger partial charge >= 0.3 is 0 Å². The van der Waals surface area contributed by atoms with Crippen LogP contribution < -0.4 is 0 Å². The summed E-state index contributed by atoms with van der Waals surface area (Å²) in [5.74, 6) is -0.126. The molecule has 0 aromatic heterocycles. The van der Waals surface area contributed by atoms with E-state index in [0.717, 1.165) is 18.7 Å². The first-order valence-electron chi connectivity index (χ1n) is 4.71. The van der Waals surface area contributed by atoms with Crippen LogP contribution in [0.3, 0.4) is 0 Å². The fourth-order valence-corrected chi connectivity index (χ4v) is 1.53. The average molecular weight is 181 g/mol. The summed E-state index contributed by atoms with van der Waals surface area (Å²) in [6.07, 6.45) is 0. The molecule has 0 fully saturated rings. The molecule has 1 aliphatic rings. The van der Waals surface area contributed by atoms with Crippen molar-refractivity contribution in [1.29, 1.82) is 0 Å². The van der Waals surface area contributed by atoms with Crippen LogP contribution in [-0.2, 0) is 13.1 Å². The molecule has 0 saturated carbocycles. The minimum atomic E-state index is -0.126. The summed E-state index contributed by atoms with van der Waals surface area (Å²) in [7, 11) is 2.04. The molecule has 0 unspecified atom stereocenters. The average Bonchev–Trinajstić information content (AvgIpc) is 2.48. The zero-order valence-corrected chi connectivity index (χ0v) is 8.47. The Morgan fingerprint density at radius 1 is 1.15 bits per heavy atom. The zero-order chi connectivity index (χ0) is 9.84. The number of fused-ring (bicyclic) bond motifs is 1. The van der Waals surface area contributed by atoms with Gasteiger partial charge in [0, 0.05) is 13.1 Å². The van der Waals surface area contributed by atoms with Crippen molar-refractivity contribution in [2.75, 3.05) is 7.05 Å². The summed E-state index contributed by atoms with van der Waals surface area (Å²) in [5.41, 5.74) is 2.39. The number of hydrogen-bond acceptors (Lipinski definition) is 1. The number of halogens is 1. The summed E-state index contributed by atoms with van der Waals surface area (Å²) < 4.78 is 12.7. The van der Waals surface area contributed by atoms with E-state index in [0.29, 0.717) is 0 Å². The number of hydrogen-bond donors (Lipinski definition) is 0. The standard InChI is InChI=1S/C9H10FN.C2H6/c1-11-5-7-2-3-9(10)4-8(7)6-11;1-2/h2-4H,5-6H2,1H3;1-2H3. The van der Waals surface area contributed by atoms with Crippen molar-refractivity contribution in [3.8, 4) is 0 Å². The second kappa shape index (κ2) is 4.38. The summed E-state index contributed by atoms with van der Waals surface area (Å²) in [6.45, 7) is 5.84. The van der Waals surface area contributed by atoms with Crippen LogP contribution in [0, 0.1) is 5.82 Å². The second-order valence-electron chi connectivity index (χ2n) is 3.09. The summed E-state index contributed by atoms with van der Waals surface area (Å²) in [6, 6.07) is 5.02. The van der Waals surface area contributed by atoms with Crippen LogP contribution in [0.25, 0.3) is 0 Å². The van der Waals surface area contributed by atoms with Crippen molar-refractivity contribution < 1.29 is 4.39 Å². The lowest BCUT2D eigenvalue weighted by Gasteiger charge is -2.02. The van der Waals surface area contributed by atoms with Crippen LogP contribution in [0.15, 0.2) is 18.2 Å². The van der Waals surface area contributed by atoms with Gasteiger partial charge in [-0.15, -0.1) is 0 Å². The molecule has 0 aliphatic carbocycles. The molecule has 1 aliphatic heterocycles. The molecular weight excluding hydrogens is 165 g/mol. The molecule has 0 amide bonds. The third kappa shape index (κ3) is 2.28. The first-order valence-corrected chi connectivity index (χ1v) is 4.71. The Morgan fingerprint density at radius 3 is 2.46 bits per heavy atom. The Kier molecular flexibility index (Phi) is 3.43. The normalized spacial score (nSPS) is 14.8. The largest absolute Gasteiger partial charge is 0.298 e. The molecule has 0 radical (unpaired) electrons. The van der Waals surface area contributed by atoms with Gasteiger partial charge in [-0.3, -0.25) is 4.90 Å². The number of nitrogens with zero attached hydrogens (tertiary/aromatic N) is 1. The van der Waals surface area contributed by atoms with Crippen molar-refractivity contribution >= 4 is 0 Å². The predicted molar refractivity (Wildman–Crippen MR) is 52.9 cm³/mol. The first-order chi connectivity index (χ1) is 6.25. The van der Waals surface area contributed by atoms with Crippen LogP contribution in [0.2, 0.25) is 0 Å². The monoisotopic (exact) mass is 181 g/mol. The first kappa shape index (κ1) is 10.2. The van der Waals surface area contributed by atoms with E-state index in [-0.39, 0.29) is 5.82 Å². The van der Waals surface area contributed by atoms with Crippen molar-refractivity contribution in [3.05, 3.63) is 35.1 Å². The smallest absolute Gasteiger partial charge is 0.123 e. The minimum Gasteiger partial charge on any atom is -0.298 e. The number of benzene rings is 1.